The average Bonchev–Trinajstić information content (AvgIpc) is 2.89. The molecule has 2 heterocycles. The molecule has 0 saturated carbocycles. The second kappa shape index (κ2) is 7.23. The minimum absolute atomic E-state index is 0.320. The fourth-order valence-corrected chi connectivity index (χ4v) is 3.32. The maximum absolute atomic E-state index is 5.53. The molecule has 1 fully saturated rings. The van der Waals surface area contributed by atoms with Crippen LogP contribution in [0.2, 0.25) is 0 Å². The first-order chi connectivity index (χ1) is 9.73. The summed E-state index contributed by atoms with van der Waals surface area (Å²) in [6, 6.07) is 2.74. The summed E-state index contributed by atoms with van der Waals surface area (Å²) < 4.78 is 7.69. The average molecular weight is 279 g/mol. The summed E-state index contributed by atoms with van der Waals surface area (Å²) >= 11 is 0. The summed E-state index contributed by atoms with van der Waals surface area (Å²) in [6.45, 7) is 7.28. The van der Waals surface area contributed by atoms with Gasteiger partial charge in [-0.2, -0.15) is 5.10 Å². The van der Waals surface area contributed by atoms with Gasteiger partial charge >= 0.3 is 0 Å². The van der Waals surface area contributed by atoms with Gasteiger partial charge in [-0.1, -0.05) is 13.8 Å². The lowest BCUT2D eigenvalue weighted by molar-refractivity contribution is 0.0153. The van der Waals surface area contributed by atoms with Gasteiger partial charge in [-0.25, -0.2) is 0 Å². The largest absolute Gasteiger partial charge is 0.381 e. The molecule has 0 aliphatic carbocycles. The summed E-state index contributed by atoms with van der Waals surface area (Å²) in [4.78, 5) is 0. The van der Waals surface area contributed by atoms with Crippen molar-refractivity contribution in [3.05, 3.63) is 18.0 Å². The van der Waals surface area contributed by atoms with Crippen LogP contribution < -0.4 is 5.32 Å². The van der Waals surface area contributed by atoms with Crippen LogP contribution in [0.4, 0.5) is 0 Å². The summed E-state index contributed by atoms with van der Waals surface area (Å²) in [6.07, 6.45) is 7.77. The van der Waals surface area contributed by atoms with Crippen LogP contribution in [0.3, 0.4) is 0 Å². The van der Waals surface area contributed by atoms with Crippen molar-refractivity contribution < 1.29 is 4.74 Å². The number of nitrogens with one attached hydrogen (secondary N) is 1. The Bertz CT molecular complexity index is 387. The van der Waals surface area contributed by atoms with Crippen LogP contribution in [-0.4, -0.2) is 36.6 Å². The molecule has 0 unspecified atom stereocenters. The monoisotopic (exact) mass is 279 g/mol. The van der Waals surface area contributed by atoms with Crippen molar-refractivity contribution in [3.8, 4) is 0 Å². The smallest absolute Gasteiger partial charge is 0.0630 e. The second-order valence-corrected chi connectivity index (χ2v) is 6.08. The van der Waals surface area contributed by atoms with E-state index in [4.69, 9.17) is 9.84 Å². The van der Waals surface area contributed by atoms with E-state index in [9.17, 15) is 0 Å². The van der Waals surface area contributed by atoms with E-state index in [1.165, 1.54) is 5.69 Å². The Morgan fingerprint density at radius 3 is 2.65 bits per heavy atom. The van der Waals surface area contributed by atoms with Crippen molar-refractivity contribution in [1.82, 2.24) is 15.1 Å². The molecule has 20 heavy (non-hydrogen) atoms. The van der Waals surface area contributed by atoms with E-state index < -0.39 is 0 Å². The zero-order valence-electron chi connectivity index (χ0n) is 13.2. The van der Waals surface area contributed by atoms with Crippen LogP contribution in [0.5, 0.6) is 0 Å². The van der Waals surface area contributed by atoms with Crippen molar-refractivity contribution in [2.45, 2.75) is 52.0 Å². The first-order valence-corrected chi connectivity index (χ1v) is 7.99. The first kappa shape index (κ1) is 15.5. The lowest BCUT2D eigenvalue weighted by Gasteiger charge is -2.36. The number of nitrogens with zero attached hydrogens (tertiary/aromatic N) is 2. The highest BCUT2D eigenvalue weighted by Gasteiger charge is 2.33. The van der Waals surface area contributed by atoms with Crippen LogP contribution in [0, 0.1) is 5.41 Å². The third kappa shape index (κ3) is 3.61. The van der Waals surface area contributed by atoms with E-state index >= 15 is 0 Å². The van der Waals surface area contributed by atoms with Crippen LogP contribution >= 0.6 is 0 Å². The van der Waals surface area contributed by atoms with Crippen molar-refractivity contribution >= 4 is 0 Å². The molecule has 1 aliphatic rings. The molecule has 0 atom stereocenters. The minimum Gasteiger partial charge on any atom is -0.381 e. The van der Waals surface area contributed by atoms with Gasteiger partial charge in [0.15, 0.2) is 0 Å². The third-order valence-electron chi connectivity index (χ3n) is 4.64. The molecule has 1 aromatic rings. The Morgan fingerprint density at radius 1 is 1.35 bits per heavy atom. The van der Waals surface area contributed by atoms with Gasteiger partial charge in [-0.05, 0) is 50.6 Å². The SMILES string of the molecule is CCC(CC)n1ccc(CC2(CNC)CCOCC2)n1. The summed E-state index contributed by atoms with van der Waals surface area (Å²) in [5.74, 6) is 0. The van der Waals surface area contributed by atoms with Crippen molar-refractivity contribution in [3.63, 3.8) is 0 Å². The molecule has 0 aromatic carbocycles. The zero-order chi connectivity index (χ0) is 14.4. The molecule has 1 aliphatic heterocycles. The standard InChI is InChI=1S/C16H29N3O/c1-4-15(5-2)19-9-6-14(18-19)12-16(13-17-3)7-10-20-11-8-16/h6,9,15,17H,4-5,7-8,10-13H2,1-3H3. The van der Waals surface area contributed by atoms with E-state index in [1.54, 1.807) is 0 Å². The van der Waals surface area contributed by atoms with Crippen LogP contribution in [0.25, 0.3) is 0 Å². The Morgan fingerprint density at radius 2 is 2.05 bits per heavy atom. The van der Waals surface area contributed by atoms with Gasteiger partial charge in [0.2, 0.25) is 0 Å². The molecule has 4 nitrogen and oxygen atoms in total. The lowest BCUT2D eigenvalue weighted by Crippen LogP contribution is -2.39. The fraction of sp³-hybridized carbons (Fsp3) is 0.812. The van der Waals surface area contributed by atoms with Gasteiger partial charge in [0.25, 0.3) is 0 Å². The molecule has 0 bridgehead atoms. The fourth-order valence-electron chi connectivity index (χ4n) is 3.32. The molecule has 0 radical (unpaired) electrons. The zero-order valence-corrected chi connectivity index (χ0v) is 13.2. The Labute approximate surface area is 122 Å². The maximum atomic E-state index is 5.53. The van der Waals surface area contributed by atoms with E-state index in [-0.39, 0.29) is 0 Å². The van der Waals surface area contributed by atoms with Gasteiger partial charge in [0, 0.05) is 26.0 Å². The van der Waals surface area contributed by atoms with Crippen LogP contribution in [0.15, 0.2) is 12.3 Å². The molecule has 2 rings (SSSR count). The van der Waals surface area contributed by atoms with Crippen LogP contribution in [0.1, 0.15) is 51.3 Å². The number of aromatic nitrogens is 2. The van der Waals surface area contributed by atoms with Gasteiger partial charge in [0.1, 0.15) is 0 Å². The molecular weight excluding hydrogens is 250 g/mol. The van der Waals surface area contributed by atoms with Gasteiger partial charge < -0.3 is 10.1 Å². The Kier molecular flexibility index (Phi) is 5.61. The van der Waals surface area contributed by atoms with Crippen molar-refractivity contribution in [1.29, 1.82) is 0 Å². The number of hydrogen-bond acceptors (Lipinski definition) is 3. The molecular formula is C16H29N3O. The first-order valence-electron chi connectivity index (χ1n) is 7.99. The van der Waals surface area contributed by atoms with E-state index in [0.717, 1.165) is 51.9 Å². The quantitative estimate of drug-likeness (QED) is 0.834. The second-order valence-electron chi connectivity index (χ2n) is 6.08. The highest BCUT2D eigenvalue weighted by Crippen LogP contribution is 2.33. The molecule has 114 valence electrons. The molecule has 1 aromatic heterocycles. The van der Waals surface area contributed by atoms with Gasteiger partial charge in [-0.15, -0.1) is 0 Å². The molecule has 0 amide bonds. The van der Waals surface area contributed by atoms with Crippen molar-refractivity contribution in [2.24, 2.45) is 5.41 Å². The molecule has 0 spiro atoms. The van der Waals surface area contributed by atoms with Gasteiger partial charge in [0.05, 0.1) is 11.7 Å². The van der Waals surface area contributed by atoms with E-state index in [1.807, 2.05) is 7.05 Å². The predicted octanol–water partition coefficient (Wildman–Crippen LogP) is 2.80. The molecule has 1 N–H and O–H groups in total. The topological polar surface area (TPSA) is 39.1 Å². The third-order valence-corrected chi connectivity index (χ3v) is 4.64. The number of rotatable bonds is 7. The number of ether oxygens (including phenoxy) is 1. The lowest BCUT2D eigenvalue weighted by atomic mass is 9.76. The predicted molar refractivity (Wildman–Crippen MR) is 82.0 cm³/mol. The van der Waals surface area contributed by atoms with E-state index in [2.05, 4.69) is 36.1 Å². The number of hydrogen-bond donors (Lipinski definition) is 1. The molecule has 1 saturated heterocycles. The summed E-state index contributed by atoms with van der Waals surface area (Å²) in [5, 5.41) is 8.18. The van der Waals surface area contributed by atoms with Crippen molar-refractivity contribution in [2.75, 3.05) is 26.8 Å². The Balaban J connectivity index is 2.07. The van der Waals surface area contributed by atoms with E-state index in [0.29, 0.717) is 11.5 Å². The maximum Gasteiger partial charge on any atom is 0.0630 e. The normalized spacial score (nSPS) is 18.6. The minimum atomic E-state index is 0.320. The highest BCUT2D eigenvalue weighted by molar-refractivity contribution is 5.05. The Hall–Kier alpha value is -0.870. The van der Waals surface area contributed by atoms with Gasteiger partial charge in [-0.3, -0.25) is 4.68 Å². The highest BCUT2D eigenvalue weighted by atomic mass is 16.5. The summed E-state index contributed by atoms with van der Waals surface area (Å²) in [7, 11) is 2.04. The van der Waals surface area contributed by atoms with Crippen LogP contribution in [-0.2, 0) is 11.2 Å². The summed E-state index contributed by atoms with van der Waals surface area (Å²) in [5.41, 5.74) is 1.55. The molecule has 4 heteroatoms.